The second-order valence-electron chi connectivity index (χ2n) is 2.51. The topological polar surface area (TPSA) is 39.2 Å². The minimum absolute atomic E-state index is 0.193. The number of esters is 1. The van der Waals surface area contributed by atoms with Crippen molar-refractivity contribution < 1.29 is 9.53 Å². The number of aryl methyl sites for hydroxylation is 1. The molecule has 0 N–H and O–H groups in total. The number of halogens is 1. The zero-order valence-electron chi connectivity index (χ0n) is 7.50. The third kappa shape index (κ3) is 2.42. The van der Waals surface area contributed by atoms with Crippen LogP contribution in [0.4, 0.5) is 0 Å². The third-order valence-electron chi connectivity index (χ3n) is 1.48. The van der Waals surface area contributed by atoms with E-state index in [1.165, 1.54) is 0 Å². The van der Waals surface area contributed by atoms with Crippen LogP contribution in [0.25, 0.3) is 0 Å². The van der Waals surface area contributed by atoms with Crippen molar-refractivity contribution in [1.29, 1.82) is 0 Å². The normalized spacial score (nSPS) is 9.77. The fourth-order valence-electron chi connectivity index (χ4n) is 0.886. The monoisotopic (exact) mass is 199 g/mol. The molecule has 0 saturated carbocycles. The van der Waals surface area contributed by atoms with Gasteiger partial charge in [0.1, 0.15) is 5.15 Å². The van der Waals surface area contributed by atoms with Gasteiger partial charge < -0.3 is 4.74 Å². The standard InChI is InChI=1S/C9H10ClNO2/c1-3-13-9(12)7-5-4-6(2)11-8(7)10/h4-5H,3H2,1-2H3. The number of nitrogens with zero attached hydrogens (tertiary/aromatic N) is 1. The highest BCUT2D eigenvalue weighted by Gasteiger charge is 2.11. The minimum Gasteiger partial charge on any atom is -0.462 e. The maximum Gasteiger partial charge on any atom is 0.341 e. The van der Waals surface area contributed by atoms with E-state index in [1.54, 1.807) is 26.0 Å². The molecule has 0 atom stereocenters. The first kappa shape index (κ1) is 9.99. The Balaban J connectivity index is 2.95. The van der Waals surface area contributed by atoms with E-state index in [9.17, 15) is 4.79 Å². The van der Waals surface area contributed by atoms with Crippen molar-refractivity contribution in [2.24, 2.45) is 0 Å². The molecule has 0 aliphatic carbocycles. The molecule has 0 radical (unpaired) electrons. The summed E-state index contributed by atoms with van der Waals surface area (Å²) in [4.78, 5) is 15.2. The molecular formula is C9H10ClNO2. The lowest BCUT2D eigenvalue weighted by Gasteiger charge is -2.03. The lowest BCUT2D eigenvalue weighted by molar-refractivity contribution is 0.0526. The SMILES string of the molecule is CCOC(=O)c1ccc(C)nc1Cl. The van der Waals surface area contributed by atoms with Gasteiger partial charge in [0.2, 0.25) is 0 Å². The number of rotatable bonds is 2. The summed E-state index contributed by atoms with van der Waals surface area (Å²) in [5, 5.41) is 0.193. The summed E-state index contributed by atoms with van der Waals surface area (Å²) in [6, 6.07) is 3.33. The fourth-order valence-corrected chi connectivity index (χ4v) is 1.16. The quantitative estimate of drug-likeness (QED) is 0.542. The second kappa shape index (κ2) is 4.23. The minimum atomic E-state index is -0.431. The average Bonchev–Trinajstić information content (AvgIpc) is 2.04. The van der Waals surface area contributed by atoms with Gasteiger partial charge in [-0.3, -0.25) is 0 Å². The van der Waals surface area contributed by atoms with E-state index in [0.29, 0.717) is 12.2 Å². The van der Waals surface area contributed by atoms with Crippen LogP contribution >= 0.6 is 11.6 Å². The summed E-state index contributed by atoms with van der Waals surface area (Å²) >= 11 is 5.75. The molecule has 0 amide bonds. The molecule has 0 fully saturated rings. The van der Waals surface area contributed by atoms with E-state index in [-0.39, 0.29) is 5.15 Å². The van der Waals surface area contributed by atoms with E-state index in [0.717, 1.165) is 5.69 Å². The smallest absolute Gasteiger partial charge is 0.341 e. The molecule has 0 aromatic carbocycles. The third-order valence-corrected chi connectivity index (χ3v) is 1.77. The number of aromatic nitrogens is 1. The summed E-state index contributed by atoms with van der Waals surface area (Å²) < 4.78 is 4.79. The first-order valence-corrected chi connectivity index (χ1v) is 4.33. The number of ether oxygens (including phenoxy) is 1. The van der Waals surface area contributed by atoms with Crippen LogP contribution in [0.5, 0.6) is 0 Å². The molecule has 1 aromatic heterocycles. The fraction of sp³-hybridized carbons (Fsp3) is 0.333. The molecule has 0 aliphatic rings. The van der Waals surface area contributed by atoms with Crippen LogP contribution in [0.15, 0.2) is 12.1 Å². The van der Waals surface area contributed by atoms with Gasteiger partial charge in [-0.2, -0.15) is 0 Å². The molecule has 70 valence electrons. The van der Waals surface area contributed by atoms with Crippen molar-refractivity contribution in [3.05, 3.63) is 28.5 Å². The zero-order chi connectivity index (χ0) is 9.84. The van der Waals surface area contributed by atoms with Crippen molar-refractivity contribution in [2.75, 3.05) is 6.61 Å². The Bertz CT molecular complexity index is 325. The summed E-state index contributed by atoms with van der Waals surface area (Å²) in [5.74, 6) is -0.431. The Kier molecular flexibility index (Phi) is 3.25. The van der Waals surface area contributed by atoms with E-state index in [2.05, 4.69) is 4.98 Å². The van der Waals surface area contributed by atoms with Gasteiger partial charge in [-0.1, -0.05) is 11.6 Å². The Morgan fingerprint density at radius 2 is 2.31 bits per heavy atom. The number of hydrogen-bond acceptors (Lipinski definition) is 3. The maximum atomic E-state index is 11.2. The summed E-state index contributed by atoms with van der Waals surface area (Å²) in [6.45, 7) is 3.89. The first-order chi connectivity index (χ1) is 6.15. The second-order valence-corrected chi connectivity index (χ2v) is 2.87. The highest BCUT2D eigenvalue weighted by Crippen LogP contribution is 2.14. The number of hydrogen-bond donors (Lipinski definition) is 0. The Labute approximate surface area is 81.7 Å². The van der Waals surface area contributed by atoms with Crippen molar-refractivity contribution in [1.82, 2.24) is 4.98 Å². The lowest BCUT2D eigenvalue weighted by Crippen LogP contribution is -2.06. The van der Waals surface area contributed by atoms with Gasteiger partial charge in [-0.25, -0.2) is 9.78 Å². The Morgan fingerprint density at radius 3 is 2.85 bits per heavy atom. The van der Waals surface area contributed by atoms with Gasteiger partial charge in [0.25, 0.3) is 0 Å². The van der Waals surface area contributed by atoms with E-state index < -0.39 is 5.97 Å². The van der Waals surface area contributed by atoms with Crippen LogP contribution < -0.4 is 0 Å². The molecule has 0 spiro atoms. The van der Waals surface area contributed by atoms with Crippen molar-refractivity contribution in [3.8, 4) is 0 Å². The number of pyridine rings is 1. The molecule has 1 rings (SSSR count). The van der Waals surface area contributed by atoms with E-state index in [1.807, 2.05) is 0 Å². The van der Waals surface area contributed by atoms with Gasteiger partial charge in [-0.15, -0.1) is 0 Å². The molecule has 1 aromatic rings. The maximum absolute atomic E-state index is 11.2. The van der Waals surface area contributed by atoms with E-state index in [4.69, 9.17) is 16.3 Å². The largest absolute Gasteiger partial charge is 0.462 e. The average molecular weight is 200 g/mol. The summed E-state index contributed by atoms with van der Waals surface area (Å²) in [6.07, 6.45) is 0. The van der Waals surface area contributed by atoms with Crippen LogP contribution in [-0.2, 0) is 4.74 Å². The number of carbonyl (C=O) groups is 1. The van der Waals surface area contributed by atoms with Gasteiger partial charge in [-0.05, 0) is 26.0 Å². The van der Waals surface area contributed by atoms with Crippen LogP contribution in [0.3, 0.4) is 0 Å². The molecular weight excluding hydrogens is 190 g/mol. The first-order valence-electron chi connectivity index (χ1n) is 3.95. The van der Waals surface area contributed by atoms with Crippen LogP contribution in [0, 0.1) is 6.92 Å². The molecule has 13 heavy (non-hydrogen) atoms. The predicted octanol–water partition coefficient (Wildman–Crippen LogP) is 2.22. The molecule has 1 heterocycles. The van der Waals surface area contributed by atoms with Crippen molar-refractivity contribution >= 4 is 17.6 Å². The van der Waals surface area contributed by atoms with Gasteiger partial charge in [0.05, 0.1) is 12.2 Å². The zero-order valence-corrected chi connectivity index (χ0v) is 8.26. The van der Waals surface area contributed by atoms with Crippen LogP contribution in [-0.4, -0.2) is 17.6 Å². The number of carbonyl (C=O) groups excluding carboxylic acids is 1. The molecule has 4 heteroatoms. The van der Waals surface area contributed by atoms with Crippen LogP contribution in [0.2, 0.25) is 5.15 Å². The molecule has 0 unspecified atom stereocenters. The van der Waals surface area contributed by atoms with E-state index >= 15 is 0 Å². The molecule has 3 nitrogen and oxygen atoms in total. The molecule has 0 aliphatic heterocycles. The van der Waals surface area contributed by atoms with Gasteiger partial charge in [0, 0.05) is 5.69 Å². The Morgan fingerprint density at radius 1 is 1.62 bits per heavy atom. The van der Waals surface area contributed by atoms with Gasteiger partial charge in [0.15, 0.2) is 0 Å². The van der Waals surface area contributed by atoms with Gasteiger partial charge >= 0.3 is 5.97 Å². The van der Waals surface area contributed by atoms with Crippen LogP contribution in [0.1, 0.15) is 23.0 Å². The molecule has 0 saturated heterocycles. The highest BCUT2D eigenvalue weighted by molar-refractivity contribution is 6.32. The summed E-state index contributed by atoms with van der Waals surface area (Å²) in [5.41, 5.74) is 1.09. The van der Waals surface area contributed by atoms with Crippen molar-refractivity contribution in [2.45, 2.75) is 13.8 Å². The highest BCUT2D eigenvalue weighted by atomic mass is 35.5. The summed E-state index contributed by atoms with van der Waals surface area (Å²) in [7, 11) is 0. The Hall–Kier alpha value is -1.09. The lowest BCUT2D eigenvalue weighted by atomic mass is 10.2. The van der Waals surface area contributed by atoms with Crippen molar-refractivity contribution in [3.63, 3.8) is 0 Å². The predicted molar refractivity (Wildman–Crippen MR) is 49.9 cm³/mol. The molecule has 0 bridgehead atoms.